The number of fused-ring (bicyclic) bond motifs is 1. The second-order valence-electron chi connectivity index (χ2n) is 8.03. The smallest absolute Gasteiger partial charge is 0.260 e. The molecule has 0 spiro atoms. The van der Waals surface area contributed by atoms with Crippen LogP contribution in [0.1, 0.15) is 25.6 Å². The predicted molar refractivity (Wildman–Crippen MR) is 108 cm³/mol. The van der Waals surface area contributed by atoms with Crippen molar-refractivity contribution >= 4 is 22.9 Å². The number of nitrogens with one attached hydrogen (secondary N) is 1. The summed E-state index contributed by atoms with van der Waals surface area (Å²) in [6, 6.07) is -0.0904. The van der Waals surface area contributed by atoms with E-state index < -0.39 is 17.7 Å². The van der Waals surface area contributed by atoms with Crippen LogP contribution in [-0.2, 0) is 11.3 Å². The lowest BCUT2D eigenvalue weighted by atomic mass is 10.2. The van der Waals surface area contributed by atoms with Crippen LogP contribution in [0.2, 0.25) is 0 Å². The largest absolute Gasteiger partial charge is 0.364 e. The average Bonchev–Trinajstić information content (AvgIpc) is 3.10. The van der Waals surface area contributed by atoms with Gasteiger partial charge in [-0.25, -0.2) is 33.7 Å². The molecule has 4 heterocycles. The number of aryl methyl sites for hydroxylation is 2. The van der Waals surface area contributed by atoms with Gasteiger partial charge in [-0.3, -0.25) is 4.79 Å². The molecule has 2 fully saturated rings. The number of amides is 1. The van der Waals surface area contributed by atoms with Crippen molar-refractivity contribution in [2.24, 2.45) is 5.92 Å². The van der Waals surface area contributed by atoms with E-state index in [-0.39, 0.29) is 12.5 Å². The Balaban J connectivity index is 1.39. The van der Waals surface area contributed by atoms with Gasteiger partial charge in [0.05, 0.1) is 5.56 Å². The van der Waals surface area contributed by atoms with Gasteiger partial charge in [-0.1, -0.05) is 0 Å². The molecule has 11 heteroatoms. The number of halogens is 2. The fourth-order valence-corrected chi connectivity index (χ4v) is 4.04. The van der Waals surface area contributed by atoms with E-state index in [0.717, 1.165) is 5.56 Å². The number of carbonyl (C=O) groups excluding carboxylic acids is 1. The van der Waals surface area contributed by atoms with Gasteiger partial charge in [-0.2, -0.15) is 0 Å². The Bertz CT molecular complexity index is 1150. The third-order valence-corrected chi connectivity index (χ3v) is 5.85. The van der Waals surface area contributed by atoms with Gasteiger partial charge < -0.3 is 14.8 Å². The Morgan fingerprint density at radius 2 is 2.00 bits per heavy atom. The molecular formula is C20H22F2N8O. The first-order chi connectivity index (χ1) is 14.9. The Kier molecular flexibility index (Phi) is 4.56. The van der Waals surface area contributed by atoms with Gasteiger partial charge in [0, 0.05) is 44.5 Å². The van der Waals surface area contributed by atoms with Crippen LogP contribution in [0.25, 0.3) is 22.6 Å². The summed E-state index contributed by atoms with van der Waals surface area (Å²) in [7, 11) is 0. The molecule has 31 heavy (non-hydrogen) atoms. The van der Waals surface area contributed by atoms with E-state index in [2.05, 4.69) is 25.3 Å². The number of hydrogen-bond donors (Lipinski definition) is 1. The zero-order chi connectivity index (χ0) is 21.8. The summed E-state index contributed by atoms with van der Waals surface area (Å²) in [4.78, 5) is 35.8. The minimum Gasteiger partial charge on any atom is -0.364 e. The van der Waals surface area contributed by atoms with Crippen molar-refractivity contribution in [3.8, 4) is 11.4 Å². The first-order valence-corrected chi connectivity index (χ1v) is 10.3. The summed E-state index contributed by atoms with van der Waals surface area (Å²) >= 11 is 0. The minimum absolute atomic E-state index is 0.0904. The molecule has 1 saturated heterocycles. The van der Waals surface area contributed by atoms with Gasteiger partial charge in [-0.05, 0) is 20.3 Å². The molecule has 1 amide bonds. The quantitative estimate of drug-likeness (QED) is 0.665. The maximum absolute atomic E-state index is 13.3. The zero-order valence-electron chi connectivity index (χ0n) is 17.2. The highest BCUT2D eigenvalue weighted by molar-refractivity contribution is 5.87. The molecule has 0 aromatic carbocycles. The summed E-state index contributed by atoms with van der Waals surface area (Å²) in [5, 5.41) is 3.33. The van der Waals surface area contributed by atoms with Crippen molar-refractivity contribution in [3.63, 3.8) is 0 Å². The molecule has 1 unspecified atom stereocenters. The molecule has 3 aromatic heterocycles. The summed E-state index contributed by atoms with van der Waals surface area (Å²) in [6.07, 6.45) is 5.24. The second kappa shape index (κ2) is 7.17. The van der Waals surface area contributed by atoms with Crippen molar-refractivity contribution in [1.82, 2.24) is 34.4 Å². The molecule has 3 aromatic rings. The third-order valence-electron chi connectivity index (χ3n) is 5.85. The second-order valence-corrected chi connectivity index (χ2v) is 8.03. The normalized spacial score (nSPS) is 22.1. The Morgan fingerprint density at radius 1 is 1.26 bits per heavy atom. The number of hydrogen-bond acceptors (Lipinski definition) is 7. The van der Waals surface area contributed by atoms with E-state index in [9.17, 15) is 13.6 Å². The van der Waals surface area contributed by atoms with Gasteiger partial charge in [0.25, 0.3) is 5.92 Å². The lowest BCUT2D eigenvalue weighted by Gasteiger charge is -2.17. The van der Waals surface area contributed by atoms with Crippen LogP contribution in [0, 0.1) is 12.8 Å². The first-order valence-electron chi connectivity index (χ1n) is 10.3. The van der Waals surface area contributed by atoms with E-state index in [0.29, 0.717) is 54.7 Å². The van der Waals surface area contributed by atoms with Crippen molar-refractivity contribution in [1.29, 1.82) is 0 Å². The van der Waals surface area contributed by atoms with Crippen LogP contribution in [0.15, 0.2) is 18.7 Å². The van der Waals surface area contributed by atoms with Gasteiger partial charge in [0.1, 0.15) is 23.9 Å². The molecule has 1 N–H and O–H groups in total. The third kappa shape index (κ3) is 3.47. The lowest BCUT2D eigenvalue weighted by Crippen LogP contribution is -2.34. The Labute approximate surface area is 176 Å². The minimum atomic E-state index is -2.84. The predicted octanol–water partition coefficient (Wildman–Crippen LogP) is 2.28. The number of carbonyl (C=O) groups is 1. The summed E-state index contributed by atoms with van der Waals surface area (Å²) in [5.74, 6) is -2.53. The molecule has 1 aliphatic carbocycles. The molecule has 2 aliphatic rings. The fourth-order valence-electron chi connectivity index (χ4n) is 4.04. The number of likely N-dealkylation sites (tertiary alicyclic amines) is 1. The van der Waals surface area contributed by atoms with Crippen LogP contribution < -0.4 is 5.32 Å². The number of alkyl halides is 2. The zero-order valence-corrected chi connectivity index (χ0v) is 17.2. The highest BCUT2D eigenvalue weighted by Gasteiger charge is 2.62. The first kappa shape index (κ1) is 19.7. The maximum Gasteiger partial charge on any atom is 0.260 e. The number of rotatable bonds is 5. The van der Waals surface area contributed by atoms with Gasteiger partial charge in [-0.15, -0.1) is 0 Å². The maximum atomic E-state index is 13.3. The van der Waals surface area contributed by atoms with E-state index >= 15 is 0 Å². The number of anilines is 1. The van der Waals surface area contributed by atoms with E-state index in [1.165, 1.54) is 11.2 Å². The summed E-state index contributed by atoms with van der Waals surface area (Å²) in [5.41, 5.74) is 2.07. The molecule has 0 radical (unpaired) electrons. The molecule has 5 rings (SSSR count). The van der Waals surface area contributed by atoms with E-state index in [1.54, 1.807) is 12.4 Å². The molecule has 2 atom stereocenters. The van der Waals surface area contributed by atoms with Crippen LogP contribution in [0.3, 0.4) is 0 Å². The number of nitrogens with zero attached hydrogens (tertiary/aromatic N) is 7. The molecule has 9 nitrogen and oxygen atoms in total. The Morgan fingerprint density at radius 3 is 2.68 bits per heavy atom. The van der Waals surface area contributed by atoms with Gasteiger partial charge in [0.2, 0.25) is 5.91 Å². The fraction of sp³-hybridized carbons (Fsp3) is 0.500. The summed E-state index contributed by atoms with van der Waals surface area (Å²) in [6.45, 7) is 5.29. The average molecular weight is 428 g/mol. The molecule has 1 aliphatic heterocycles. The van der Waals surface area contributed by atoms with Crippen molar-refractivity contribution in [3.05, 3.63) is 24.5 Å². The lowest BCUT2D eigenvalue weighted by molar-refractivity contribution is -0.133. The molecular weight excluding hydrogens is 406 g/mol. The van der Waals surface area contributed by atoms with Crippen LogP contribution in [0.4, 0.5) is 14.6 Å². The van der Waals surface area contributed by atoms with Gasteiger partial charge in [0.15, 0.2) is 17.0 Å². The van der Waals surface area contributed by atoms with Crippen molar-refractivity contribution < 1.29 is 13.6 Å². The van der Waals surface area contributed by atoms with Crippen molar-refractivity contribution in [2.75, 3.05) is 18.4 Å². The number of imidazole rings is 1. The molecule has 1 saturated carbocycles. The van der Waals surface area contributed by atoms with E-state index in [1.807, 2.05) is 18.4 Å². The van der Waals surface area contributed by atoms with Crippen LogP contribution in [0.5, 0.6) is 0 Å². The number of aromatic nitrogens is 6. The Hall–Kier alpha value is -3.24. The summed E-state index contributed by atoms with van der Waals surface area (Å²) < 4.78 is 28.5. The standard InChI is InChI=1S/C20H22F2N8O/c1-3-30-17(12-7-23-11(2)24-8-12)28-15-16(25-10-26-18(15)30)27-13-4-5-29(9-13)19(31)14-6-20(14,21)22/h7-8,10,13-14H,3-6,9H2,1-2H3,(H,25,26,27)/t13-,14?/m0/s1. The van der Waals surface area contributed by atoms with Gasteiger partial charge >= 0.3 is 0 Å². The van der Waals surface area contributed by atoms with Crippen molar-refractivity contribution in [2.45, 2.75) is 45.2 Å². The van der Waals surface area contributed by atoms with E-state index in [4.69, 9.17) is 4.98 Å². The monoisotopic (exact) mass is 428 g/mol. The molecule has 0 bridgehead atoms. The molecule has 162 valence electrons. The van der Waals surface area contributed by atoms with Crippen LogP contribution in [-0.4, -0.2) is 65.3 Å². The SMILES string of the molecule is CCn1c(-c2cnc(C)nc2)nc2c(N[C@H]3CCN(C(=O)C4CC4(F)F)C3)ncnc21. The topological polar surface area (TPSA) is 102 Å². The highest BCUT2D eigenvalue weighted by atomic mass is 19.3. The van der Waals surface area contributed by atoms with Crippen LogP contribution >= 0.6 is 0 Å². The highest BCUT2D eigenvalue weighted by Crippen LogP contribution is 2.49.